The Kier molecular flexibility index (Phi) is 9.70. The first kappa shape index (κ1) is 32.2. The van der Waals surface area contributed by atoms with E-state index in [2.05, 4.69) is 0 Å². The SMILES string of the molecule is COc1ccc(/C(=C/C(=C/C[C@H]2C[C@H]3[C@H](N(C)C)C(=O)C(C(N)=O)=C(O)[C@@]3(O)C(O)=C2C)N(C)C)C(=O)C=CO)cc1. The first-order valence-corrected chi connectivity index (χ1v) is 13.4. The number of allylic oxidation sites excluding steroid dienone is 5. The van der Waals surface area contributed by atoms with Crippen molar-refractivity contribution in [2.45, 2.75) is 31.4 Å². The molecule has 0 saturated carbocycles. The molecule has 226 valence electrons. The molecule has 0 bridgehead atoms. The Hall–Kier alpha value is -4.35. The van der Waals surface area contributed by atoms with E-state index in [1.165, 1.54) is 12.0 Å². The number of ether oxygens (including phenoxy) is 1. The Bertz CT molecular complexity index is 1400. The zero-order valence-corrected chi connectivity index (χ0v) is 24.7. The van der Waals surface area contributed by atoms with E-state index in [-0.39, 0.29) is 12.3 Å². The standard InChI is InChI=1S/C31H39N3O8/c1-17-19(15-23-26(34(4)5)27(37)25(30(32)40)29(39)31(23,41)28(17)38)7-10-20(33(2)3)16-22(24(36)13-14-35)18-8-11-21(42-6)12-9-18/h8-14,16,19,23,26,35,38-39,41H,7,15H2,1-6H3,(H2,32,40)/b14-13?,20-10-,22-16-/t19-,23-,26-,31-/m0/s1. The van der Waals surface area contributed by atoms with Crippen LogP contribution in [0, 0.1) is 11.8 Å². The van der Waals surface area contributed by atoms with Gasteiger partial charge in [-0.2, -0.15) is 0 Å². The lowest BCUT2D eigenvalue weighted by atomic mass is 9.61. The maximum atomic E-state index is 13.2. The van der Waals surface area contributed by atoms with Crippen molar-refractivity contribution in [3.63, 3.8) is 0 Å². The van der Waals surface area contributed by atoms with Crippen molar-refractivity contribution in [3.8, 4) is 5.75 Å². The van der Waals surface area contributed by atoms with Crippen molar-refractivity contribution in [3.05, 3.63) is 82.7 Å². The van der Waals surface area contributed by atoms with E-state index < -0.39 is 52.1 Å². The summed E-state index contributed by atoms with van der Waals surface area (Å²) in [6.45, 7) is 1.61. The number of aliphatic hydroxyl groups is 4. The molecule has 1 aromatic rings. The third-order valence-electron chi connectivity index (χ3n) is 8.03. The number of aliphatic hydroxyl groups excluding tert-OH is 3. The van der Waals surface area contributed by atoms with Crippen LogP contribution in [0.5, 0.6) is 5.75 Å². The molecule has 11 nitrogen and oxygen atoms in total. The summed E-state index contributed by atoms with van der Waals surface area (Å²) in [6, 6.07) is 5.87. The molecule has 0 aromatic heterocycles. The fourth-order valence-corrected chi connectivity index (χ4v) is 5.72. The molecule has 0 radical (unpaired) electrons. The summed E-state index contributed by atoms with van der Waals surface area (Å²) < 4.78 is 5.21. The third-order valence-corrected chi connectivity index (χ3v) is 8.03. The third kappa shape index (κ3) is 5.83. The Labute approximate surface area is 245 Å². The van der Waals surface area contributed by atoms with E-state index in [0.717, 1.165) is 6.08 Å². The van der Waals surface area contributed by atoms with Crippen LogP contribution in [-0.4, -0.2) is 94.6 Å². The second-order valence-electron chi connectivity index (χ2n) is 10.9. The van der Waals surface area contributed by atoms with Crippen LogP contribution < -0.4 is 10.5 Å². The summed E-state index contributed by atoms with van der Waals surface area (Å²) >= 11 is 0. The lowest BCUT2D eigenvalue weighted by molar-refractivity contribution is -0.136. The molecule has 4 atom stereocenters. The highest BCUT2D eigenvalue weighted by Crippen LogP contribution is 2.50. The van der Waals surface area contributed by atoms with Crippen LogP contribution in [0.1, 0.15) is 25.3 Å². The first-order chi connectivity index (χ1) is 19.7. The number of hydrogen-bond acceptors (Lipinski definition) is 10. The van der Waals surface area contributed by atoms with Crippen LogP contribution >= 0.6 is 0 Å². The number of methoxy groups -OCH3 is 1. The molecule has 0 heterocycles. The second-order valence-corrected chi connectivity index (χ2v) is 10.9. The first-order valence-electron chi connectivity index (χ1n) is 13.4. The number of likely N-dealkylation sites (N-methyl/N-ethyl adjacent to an activating group) is 2. The average Bonchev–Trinajstić information content (AvgIpc) is 2.93. The summed E-state index contributed by atoms with van der Waals surface area (Å²) in [4.78, 5) is 41.5. The van der Waals surface area contributed by atoms with Gasteiger partial charge < -0.3 is 35.8 Å². The molecule has 6 N–H and O–H groups in total. The number of Topliss-reactive ketones (excluding diaryl/α,β-unsaturated/α-hetero) is 1. The number of nitrogens with two attached hydrogens (primary N) is 1. The minimum Gasteiger partial charge on any atom is -0.515 e. The van der Waals surface area contributed by atoms with Crippen molar-refractivity contribution in [2.75, 3.05) is 35.3 Å². The monoisotopic (exact) mass is 581 g/mol. The van der Waals surface area contributed by atoms with Gasteiger partial charge in [0.25, 0.3) is 5.91 Å². The van der Waals surface area contributed by atoms with Gasteiger partial charge in [-0.15, -0.1) is 0 Å². The number of carbonyl (C=O) groups is 3. The van der Waals surface area contributed by atoms with Gasteiger partial charge in [0.05, 0.1) is 19.4 Å². The Morgan fingerprint density at radius 1 is 1.12 bits per heavy atom. The normalized spacial score (nSPS) is 25.2. The van der Waals surface area contributed by atoms with Crippen LogP contribution in [-0.2, 0) is 14.4 Å². The summed E-state index contributed by atoms with van der Waals surface area (Å²) in [7, 11) is 8.35. The number of rotatable bonds is 10. The lowest BCUT2D eigenvalue weighted by Crippen LogP contribution is -2.62. The van der Waals surface area contributed by atoms with Crippen LogP contribution in [0.25, 0.3) is 5.57 Å². The second kappa shape index (κ2) is 12.7. The Morgan fingerprint density at radius 3 is 2.24 bits per heavy atom. The van der Waals surface area contributed by atoms with Crippen LogP contribution in [0.3, 0.4) is 0 Å². The molecule has 0 unspecified atom stereocenters. The highest BCUT2D eigenvalue weighted by Gasteiger charge is 2.60. The van der Waals surface area contributed by atoms with Gasteiger partial charge in [0.15, 0.2) is 17.2 Å². The maximum Gasteiger partial charge on any atom is 0.255 e. The minimum atomic E-state index is -2.35. The van der Waals surface area contributed by atoms with Gasteiger partial charge in [-0.3, -0.25) is 19.3 Å². The van der Waals surface area contributed by atoms with Gasteiger partial charge in [-0.1, -0.05) is 18.2 Å². The summed E-state index contributed by atoms with van der Waals surface area (Å²) in [5.41, 5.74) is 4.24. The van der Waals surface area contributed by atoms with E-state index in [9.17, 15) is 34.8 Å². The molecule has 1 amide bonds. The molecule has 1 aromatic carbocycles. The number of fused-ring (bicyclic) bond motifs is 1. The van der Waals surface area contributed by atoms with E-state index in [0.29, 0.717) is 40.8 Å². The predicted octanol–water partition coefficient (Wildman–Crippen LogP) is 2.56. The van der Waals surface area contributed by atoms with Gasteiger partial charge in [0.1, 0.15) is 22.8 Å². The minimum absolute atomic E-state index is 0.190. The number of primary amides is 1. The summed E-state index contributed by atoms with van der Waals surface area (Å²) in [5.74, 6) is -4.53. The van der Waals surface area contributed by atoms with Crippen molar-refractivity contribution >= 4 is 23.0 Å². The molecule has 11 heteroatoms. The molecule has 2 aliphatic rings. The van der Waals surface area contributed by atoms with E-state index >= 15 is 0 Å². The fraction of sp³-hybridized carbons (Fsp3) is 0.387. The van der Waals surface area contributed by atoms with Crippen molar-refractivity contribution in [2.24, 2.45) is 17.6 Å². The van der Waals surface area contributed by atoms with Gasteiger partial charge in [0.2, 0.25) is 0 Å². The number of hydrogen-bond donors (Lipinski definition) is 5. The van der Waals surface area contributed by atoms with Gasteiger partial charge in [-0.25, -0.2) is 0 Å². The number of amides is 1. The maximum absolute atomic E-state index is 13.2. The molecule has 0 fully saturated rings. The van der Waals surface area contributed by atoms with Crippen LogP contribution in [0.4, 0.5) is 0 Å². The quantitative estimate of drug-likeness (QED) is 0.120. The molecular formula is C31H39N3O8. The van der Waals surface area contributed by atoms with Gasteiger partial charge >= 0.3 is 0 Å². The molecule has 2 aliphatic carbocycles. The molecular weight excluding hydrogens is 542 g/mol. The van der Waals surface area contributed by atoms with E-state index in [4.69, 9.17) is 10.5 Å². The molecule has 0 aliphatic heterocycles. The average molecular weight is 582 g/mol. The number of carbonyl (C=O) groups excluding carboxylic acids is 3. The molecule has 0 spiro atoms. The summed E-state index contributed by atoms with van der Waals surface area (Å²) in [5, 5.41) is 43.0. The molecule has 3 rings (SSSR count). The molecule has 42 heavy (non-hydrogen) atoms. The topological polar surface area (TPSA) is 174 Å². The fourth-order valence-electron chi connectivity index (χ4n) is 5.72. The van der Waals surface area contributed by atoms with Gasteiger partial charge in [-0.05, 0) is 69.1 Å². The number of nitrogens with zero attached hydrogens (tertiary/aromatic N) is 2. The van der Waals surface area contributed by atoms with Gasteiger partial charge in [0, 0.05) is 37.4 Å². The predicted molar refractivity (Wildman–Crippen MR) is 157 cm³/mol. The van der Waals surface area contributed by atoms with Crippen molar-refractivity contribution < 1.29 is 39.5 Å². The largest absolute Gasteiger partial charge is 0.515 e. The van der Waals surface area contributed by atoms with Crippen molar-refractivity contribution in [1.82, 2.24) is 9.80 Å². The Balaban J connectivity index is 2.09. The van der Waals surface area contributed by atoms with Crippen molar-refractivity contribution in [1.29, 1.82) is 0 Å². The smallest absolute Gasteiger partial charge is 0.255 e. The van der Waals surface area contributed by atoms with E-state index in [1.54, 1.807) is 70.4 Å². The number of benzene rings is 1. The highest BCUT2D eigenvalue weighted by atomic mass is 16.5. The zero-order chi connectivity index (χ0) is 31.5. The highest BCUT2D eigenvalue weighted by molar-refractivity contribution is 6.26. The zero-order valence-electron chi connectivity index (χ0n) is 24.7. The van der Waals surface area contributed by atoms with Crippen LogP contribution in [0.2, 0.25) is 0 Å². The van der Waals surface area contributed by atoms with E-state index in [1.807, 2.05) is 6.08 Å². The van der Waals surface area contributed by atoms with Crippen LogP contribution in [0.15, 0.2) is 77.1 Å². The summed E-state index contributed by atoms with van der Waals surface area (Å²) in [6.07, 6.45) is 5.81. The lowest BCUT2D eigenvalue weighted by Gasteiger charge is -2.49. The molecule has 0 saturated heterocycles. The Morgan fingerprint density at radius 2 is 1.74 bits per heavy atom. The number of ketones is 2.